The molecule has 1 aromatic rings. The molecule has 6 heteroatoms. The van der Waals surface area contributed by atoms with Crippen LogP contribution in [0.4, 0.5) is 5.69 Å². The smallest absolute Gasteiger partial charge is 0.227 e. The molecule has 0 spiro atoms. The van der Waals surface area contributed by atoms with E-state index in [4.69, 9.17) is 4.74 Å². The molecule has 0 N–H and O–H groups in total. The summed E-state index contributed by atoms with van der Waals surface area (Å²) < 4.78 is 5.38. The van der Waals surface area contributed by atoms with Gasteiger partial charge in [-0.2, -0.15) is 0 Å². The van der Waals surface area contributed by atoms with Crippen molar-refractivity contribution in [3.05, 3.63) is 29.3 Å². The van der Waals surface area contributed by atoms with Crippen LogP contribution < -0.4 is 4.90 Å². The van der Waals surface area contributed by atoms with Gasteiger partial charge in [0.15, 0.2) is 0 Å². The monoisotopic (exact) mass is 492 g/mol. The van der Waals surface area contributed by atoms with E-state index in [0.717, 1.165) is 57.2 Å². The van der Waals surface area contributed by atoms with Crippen molar-refractivity contribution in [3.63, 3.8) is 0 Å². The van der Waals surface area contributed by atoms with E-state index in [1.165, 1.54) is 11.1 Å². The number of carbonyl (C=O) groups is 3. The van der Waals surface area contributed by atoms with Crippen molar-refractivity contribution in [2.75, 3.05) is 37.7 Å². The van der Waals surface area contributed by atoms with Gasteiger partial charge in [0.05, 0.1) is 13.2 Å². The van der Waals surface area contributed by atoms with E-state index in [-0.39, 0.29) is 17.2 Å². The molecule has 0 bridgehead atoms. The first-order valence-electron chi connectivity index (χ1n) is 14.3. The maximum atomic E-state index is 13.3. The Morgan fingerprint density at radius 2 is 1.94 bits per heavy atom. The molecule has 2 aliphatic heterocycles. The minimum Gasteiger partial charge on any atom is -0.378 e. The third kappa shape index (κ3) is 4.09. The van der Waals surface area contributed by atoms with Crippen molar-refractivity contribution in [2.24, 2.45) is 23.2 Å². The van der Waals surface area contributed by atoms with Crippen molar-refractivity contribution in [1.82, 2.24) is 4.90 Å². The molecule has 6 rings (SSSR count). The molecule has 1 aromatic carbocycles. The standard InChI is InChI=1S/C30H40N2O4/c1-30-12-11-24-23-10-8-22(32-13-3-6-28(32)35)18-20(23)7-9-25(24)29(30)21(19-26(30)33)4-2-5-27(34)31-14-16-36-17-15-31/h8,10,18,21,24-25,29H,2-7,9,11-17,19H2,1H3/t21-,24+,25+,29-,30+/m0/s1. The molecular weight excluding hydrogens is 452 g/mol. The zero-order chi connectivity index (χ0) is 24.9. The number of morpholine rings is 1. The van der Waals surface area contributed by atoms with E-state index >= 15 is 0 Å². The molecule has 5 aliphatic rings. The Bertz CT molecular complexity index is 1050. The minimum atomic E-state index is -0.195. The van der Waals surface area contributed by atoms with Gasteiger partial charge in [0.2, 0.25) is 11.8 Å². The Labute approximate surface area is 214 Å². The fourth-order valence-electron chi connectivity index (χ4n) is 8.47. The van der Waals surface area contributed by atoms with Gasteiger partial charge in [0.25, 0.3) is 0 Å². The maximum absolute atomic E-state index is 13.3. The van der Waals surface area contributed by atoms with E-state index in [0.29, 0.717) is 75.0 Å². The topological polar surface area (TPSA) is 66.9 Å². The number of amides is 2. The lowest BCUT2D eigenvalue weighted by Gasteiger charge is -2.50. The highest BCUT2D eigenvalue weighted by molar-refractivity contribution is 5.95. The van der Waals surface area contributed by atoms with Gasteiger partial charge < -0.3 is 14.5 Å². The number of benzene rings is 1. The first-order valence-corrected chi connectivity index (χ1v) is 14.3. The second-order valence-electron chi connectivity index (χ2n) is 12.1. The number of rotatable bonds is 5. The van der Waals surface area contributed by atoms with Crippen molar-refractivity contribution in [3.8, 4) is 0 Å². The van der Waals surface area contributed by atoms with E-state index < -0.39 is 0 Å². The number of anilines is 1. The van der Waals surface area contributed by atoms with E-state index in [9.17, 15) is 14.4 Å². The van der Waals surface area contributed by atoms with Gasteiger partial charge in [-0.05, 0) is 91.9 Å². The summed E-state index contributed by atoms with van der Waals surface area (Å²) in [7, 11) is 0. The highest BCUT2D eigenvalue weighted by Crippen LogP contribution is 2.62. The molecule has 5 atom stereocenters. The average molecular weight is 493 g/mol. The second kappa shape index (κ2) is 9.59. The molecule has 2 saturated carbocycles. The number of fused-ring (bicyclic) bond motifs is 5. The summed E-state index contributed by atoms with van der Waals surface area (Å²) in [6.45, 7) is 5.78. The van der Waals surface area contributed by atoms with Gasteiger partial charge in [-0.1, -0.05) is 13.0 Å². The maximum Gasteiger partial charge on any atom is 0.227 e. The lowest BCUT2D eigenvalue weighted by molar-refractivity contribution is -0.135. The van der Waals surface area contributed by atoms with Gasteiger partial charge >= 0.3 is 0 Å². The van der Waals surface area contributed by atoms with Crippen molar-refractivity contribution in [1.29, 1.82) is 0 Å². The first-order chi connectivity index (χ1) is 17.5. The van der Waals surface area contributed by atoms with Crippen LogP contribution in [0.25, 0.3) is 0 Å². The Morgan fingerprint density at radius 1 is 1.11 bits per heavy atom. The number of hydrogen-bond donors (Lipinski definition) is 0. The van der Waals surface area contributed by atoms with Gasteiger partial charge in [-0.25, -0.2) is 0 Å². The summed E-state index contributed by atoms with van der Waals surface area (Å²) in [5.41, 5.74) is 3.74. The molecule has 0 unspecified atom stereocenters. The predicted octanol–water partition coefficient (Wildman–Crippen LogP) is 4.49. The molecule has 2 heterocycles. The highest BCUT2D eigenvalue weighted by atomic mass is 16.5. The summed E-state index contributed by atoms with van der Waals surface area (Å²) >= 11 is 0. The van der Waals surface area contributed by atoms with Gasteiger partial charge in [0.1, 0.15) is 5.78 Å². The van der Waals surface area contributed by atoms with E-state index in [1.807, 2.05) is 9.80 Å². The fourth-order valence-corrected chi connectivity index (χ4v) is 8.47. The predicted molar refractivity (Wildman–Crippen MR) is 138 cm³/mol. The first kappa shape index (κ1) is 24.1. The number of ether oxygens (including phenoxy) is 1. The van der Waals surface area contributed by atoms with Crippen LogP contribution in [0, 0.1) is 23.2 Å². The Hall–Kier alpha value is -2.21. The Balaban J connectivity index is 1.17. The molecule has 0 radical (unpaired) electrons. The van der Waals surface area contributed by atoms with Crippen molar-refractivity contribution < 1.29 is 19.1 Å². The summed E-state index contributed by atoms with van der Waals surface area (Å²) in [6, 6.07) is 6.73. The zero-order valence-corrected chi connectivity index (χ0v) is 21.7. The molecule has 3 aliphatic carbocycles. The van der Waals surface area contributed by atoms with Crippen molar-refractivity contribution in [2.45, 2.75) is 77.0 Å². The zero-order valence-electron chi connectivity index (χ0n) is 21.7. The van der Waals surface area contributed by atoms with Gasteiger partial charge in [-0.3, -0.25) is 14.4 Å². The van der Waals surface area contributed by atoms with Gasteiger partial charge in [-0.15, -0.1) is 0 Å². The molecular formula is C30H40N2O4. The number of Topliss-reactive ketones (excluding diaryl/α,β-unsaturated/α-hetero) is 1. The Morgan fingerprint density at radius 3 is 2.72 bits per heavy atom. The van der Waals surface area contributed by atoms with Crippen LogP contribution in [0.5, 0.6) is 0 Å². The third-order valence-electron chi connectivity index (χ3n) is 10.3. The van der Waals surface area contributed by atoms with Crippen LogP contribution in [0.2, 0.25) is 0 Å². The molecule has 4 fully saturated rings. The quantitative estimate of drug-likeness (QED) is 0.607. The SMILES string of the molecule is C[C@]12CC[C@@H]3c4ccc(N5CCCC5=O)cc4CC[C@H]3[C@@H]1[C@@H](CCCC(=O)N1CCOCC1)CC2=O. The van der Waals surface area contributed by atoms with E-state index in [2.05, 4.69) is 25.1 Å². The van der Waals surface area contributed by atoms with Crippen LogP contribution in [0.1, 0.15) is 81.8 Å². The molecule has 0 aromatic heterocycles. The summed E-state index contributed by atoms with van der Waals surface area (Å²) in [5, 5.41) is 0. The number of nitrogens with zero attached hydrogens (tertiary/aromatic N) is 2. The Kier molecular flexibility index (Phi) is 6.43. The van der Waals surface area contributed by atoms with Crippen LogP contribution in [0.15, 0.2) is 18.2 Å². The number of ketones is 1. The molecule has 2 saturated heterocycles. The largest absolute Gasteiger partial charge is 0.378 e. The summed E-state index contributed by atoms with van der Waals surface area (Å²) in [6.07, 6.45) is 8.98. The minimum absolute atomic E-state index is 0.195. The average Bonchev–Trinajstić information content (AvgIpc) is 3.44. The van der Waals surface area contributed by atoms with Crippen LogP contribution in [-0.4, -0.2) is 55.3 Å². The molecule has 6 nitrogen and oxygen atoms in total. The number of carbonyl (C=O) groups excluding carboxylic acids is 3. The van der Waals surface area contributed by atoms with Gasteiger partial charge in [0, 0.05) is 50.0 Å². The molecule has 36 heavy (non-hydrogen) atoms. The van der Waals surface area contributed by atoms with Crippen LogP contribution in [0.3, 0.4) is 0 Å². The number of aryl methyl sites for hydroxylation is 1. The molecule has 194 valence electrons. The van der Waals surface area contributed by atoms with Crippen LogP contribution in [-0.2, 0) is 25.5 Å². The lowest BCUT2D eigenvalue weighted by Crippen LogP contribution is -2.44. The highest BCUT2D eigenvalue weighted by Gasteiger charge is 2.58. The lowest BCUT2D eigenvalue weighted by atomic mass is 9.54. The number of hydrogen-bond acceptors (Lipinski definition) is 4. The normalized spacial score (nSPS) is 33.9. The van der Waals surface area contributed by atoms with Crippen molar-refractivity contribution >= 4 is 23.3 Å². The third-order valence-corrected chi connectivity index (χ3v) is 10.3. The summed E-state index contributed by atoms with van der Waals surface area (Å²) in [4.78, 5) is 42.1. The van der Waals surface area contributed by atoms with Crippen LogP contribution >= 0.6 is 0 Å². The summed E-state index contributed by atoms with van der Waals surface area (Å²) in [5.74, 6) is 2.83. The second-order valence-corrected chi connectivity index (χ2v) is 12.1. The molecule has 2 amide bonds. The van der Waals surface area contributed by atoms with E-state index in [1.54, 1.807) is 0 Å². The fraction of sp³-hybridized carbons (Fsp3) is 0.700.